The van der Waals surface area contributed by atoms with Crippen molar-refractivity contribution in [3.63, 3.8) is 0 Å². The van der Waals surface area contributed by atoms with E-state index in [9.17, 15) is 13.2 Å². The van der Waals surface area contributed by atoms with Gasteiger partial charge in [0.15, 0.2) is 5.82 Å². The fraction of sp³-hybridized carbons (Fsp3) is 0.375. The molecule has 3 heterocycles. The molecule has 0 saturated carbocycles. The molecular weight excluding hydrogens is 474 g/mol. The first-order valence-corrected chi connectivity index (χ1v) is 13.0. The van der Waals surface area contributed by atoms with Gasteiger partial charge in [0.2, 0.25) is 0 Å². The lowest BCUT2D eigenvalue weighted by Crippen LogP contribution is -2.35. The minimum Gasteiger partial charge on any atom is -0.339 e. The van der Waals surface area contributed by atoms with E-state index in [0.717, 1.165) is 37.9 Å². The Hall–Kier alpha value is -2.91. The van der Waals surface area contributed by atoms with E-state index < -0.39 is 10.0 Å². The first-order valence-electron chi connectivity index (χ1n) is 11.2. The number of nitrogens with zero attached hydrogens (tertiary/aromatic N) is 4. The van der Waals surface area contributed by atoms with Gasteiger partial charge in [-0.15, -0.1) is 0 Å². The molecule has 0 aliphatic carbocycles. The summed E-state index contributed by atoms with van der Waals surface area (Å²) in [6, 6.07) is 8.22. The molecule has 1 aromatic carbocycles. The minimum atomic E-state index is -3.91. The molecule has 180 valence electrons. The molecule has 1 aliphatic heterocycles. The highest BCUT2D eigenvalue weighted by Crippen LogP contribution is 2.27. The zero-order chi connectivity index (χ0) is 24.5. The third kappa shape index (κ3) is 5.26. The van der Waals surface area contributed by atoms with Crippen molar-refractivity contribution in [1.82, 2.24) is 19.7 Å². The number of halogens is 1. The Labute approximate surface area is 205 Å². The molecule has 0 radical (unpaired) electrons. The number of pyridine rings is 1. The molecule has 1 fully saturated rings. The fourth-order valence-electron chi connectivity index (χ4n) is 3.86. The van der Waals surface area contributed by atoms with E-state index in [2.05, 4.69) is 35.6 Å². The number of anilines is 1. The quantitative estimate of drug-likeness (QED) is 0.549. The van der Waals surface area contributed by atoms with Crippen LogP contribution in [-0.2, 0) is 15.4 Å². The van der Waals surface area contributed by atoms with Crippen molar-refractivity contribution in [3.8, 4) is 5.82 Å². The summed E-state index contributed by atoms with van der Waals surface area (Å²) in [5, 5.41) is 4.53. The molecule has 1 aliphatic rings. The number of carbonyl (C=O) groups excluding carboxylic acids is 1. The van der Waals surface area contributed by atoms with E-state index in [4.69, 9.17) is 11.6 Å². The smallest absolute Gasteiger partial charge is 0.262 e. The maximum atomic E-state index is 13.1. The molecule has 4 rings (SSSR count). The van der Waals surface area contributed by atoms with Gasteiger partial charge in [0.05, 0.1) is 27.4 Å². The molecule has 0 unspecified atom stereocenters. The molecular formula is C24H28ClN5O3S. The number of benzene rings is 1. The van der Waals surface area contributed by atoms with Gasteiger partial charge in [0.1, 0.15) is 0 Å². The van der Waals surface area contributed by atoms with Crippen molar-refractivity contribution in [2.45, 2.75) is 50.3 Å². The van der Waals surface area contributed by atoms with Crippen LogP contribution < -0.4 is 4.72 Å². The molecule has 34 heavy (non-hydrogen) atoms. The average Bonchev–Trinajstić information content (AvgIpc) is 3.28. The van der Waals surface area contributed by atoms with Gasteiger partial charge in [0.25, 0.3) is 15.9 Å². The lowest BCUT2D eigenvalue weighted by molar-refractivity contribution is 0.0724. The number of hydrogen-bond acceptors (Lipinski definition) is 5. The van der Waals surface area contributed by atoms with Gasteiger partial charge in [-0.25, -0.2) is 18.1 Å². The van der Waals surface area contributed by atoms with Crippen molar-refractivity contribution < 1.29 is 13.2 Å². The van der Waals surface area contributed by atoms with Crippen LogP contribution >= 0.6 is 11.6 Å². The normalized spacial score (nSPS) is 14.8. The Bertz CT molecular complexity index is 1290. The fourth-order valence-corrected chi connectivity index (χ4v) is 5.07. The summed E-state index contributed by atoms with van der Waals surface area (Å²) < 4.78 is 30.2. The Morgan fingerprint density at radius 1 is 1.06 bits per heavy atom. The number of rotatable bonds is 5. The van der Waals surface area contributed by atoms with Gasteiger partial charge in [0, 0.05) is 25.5 Å². The van der Waals surface area contributed by atoms with Crippen molar-refractivity contribution in [1.29, 1.82) is 0 Å². The predicted octanol–water partition coefficient (Wildman–Crippen LogP) is 4.65. The summed E-state index contributed by atoms with van der Waals surface area (Å²) in [6.07, 6.45) is 7.53. The van der Waals surface area contributed by atoms with E-state index in [0.29, 0.717) is 5.56 Å². The molecule has 0 bridgehead atoms. The molecule has 3 aromatic rings. The van der Waals surface area contributed by atoms with Crippen molar-refractivity contribution in [2.24, 2.45) is 0 Å². The Morgan fingerprint density at radius 2 is 1.74 bits per heavy atom. The lowest BCUT2D eigenvalue weighted by atomic mass is 9.87. The molecule has 1 saturated heterocycles. The standard InChI is InChI=1S/C24H28ClN5O3S/c1-24(2,3)18-7-9-20(10-8-18)34(32,33)28-21-13-19(25)15-26-22(21)30-16-17(14-27-30)23(31)29-11-5-4-6-12-29/h7-10,13-16,28H,4-6,11-12H2,1-3H3. The van der Waals surface area contributed by atoms with Crippen LogP contribution in [0.15, 0.2) is 53.8 Å². The van der Waals surface area contributed by atoms with Gasteiger partial charge < -0.3 is 4.90 Å². The van der Waals surface area contributed by atoms with E-state index in [1.165, 1.54) is 23.1 Å². The maximum Gasteiger partial charge on any atom is 0.262 e. The van der Waals surface area contributed by atoms with Gasteiger partial charge in [-0.05, 0) is 48.4 Å². The Balaban J connectivity index is 1.62. The third-order valence-electron chi connectivity index (χ3n) is 5.80. The Morgan fingerprint density at radius 3 is 2.38 bits per heavy atom. The van der Waals surface area contributed by atoms with Crippen molar-refractivity contribution >= 4 is 33.2 Å². The summed E-state index contributed by atoms with van der Waals surface area (Å²) in [7, 11) is -3.91. The molecule has 0 atom stereocenters. The van der Waals surface area contributed by atoms with Gasteiger partial charge in [-0.3, -0.25) is 9.52 Å². The zero-order valence-electron chi connectivity index (χ0n) is 19.5. The number of nitrogens with one attached hydrogen (secondary N) is 1. The average molecular weight is 502 g/mol. The summed E-state index contributed by atoms with van der Waals surface area (Å²) in [5.74, 6) is 0.123. The molecule has 1 N–H and O–H groups in total. The monoisotopic (exact) mass is 501 g/mol. The molecule has 2 aromatic heterocycles. The number of piperidine rings is 1. The van der Waals surface area contributed by atoms with E-state index in [1.807, 2.05) is 4.90 Å². The minimum absolute atomic E-state index is 0.0941. The highest BCUT2D eigenvalue weighted by Gasteiger charge is 2.23. The number of likely N-dealkylation sites (tertiary alicyclic amines) is 1. The molecule has 8 nitrogen and oxygen atoms in total. The molecule has 1 amide bonds. The second-order valence-electron chi connectivity index (χ2n) is 9.43. The van der Waals surface area contributed by atoms with E-state index in [-0.39, 0.29) is 32.7 Å². The number of sulfonamides is 1. The van der Waals surface area contributed by atoms with Crippen LogP contribution in [0.3, 0.4) is 0 Å². The number of amides is 1. The van der Waals surface area contributed by atoms with Gasteiger partial charge in [-0.1, -0.05) is 44.5 Å². The number of aromatic nitrogens is 3. The first-order chi connectivity index (χ1) is 16.0. The highest BCUT2D eigenvalue weighted by molar-refractivity contribution is 7.92. The maximum absolute atomic E-state index is 13.1. The van der Waals surface area contributed by atoms with Crippen molar-refractivity contribution in [3.05, 3.63) is 65.1 Å². The van der Waals surface area contributed by atoms with Crippen LogP contribution in [0.2, 0.25) is 5.02 Å². The van der Waals surface area contributed by atoms with Crippen LogP contribution in [0.1, 0.15) is 56.0 Å². The zero-order valence-corrected chi connectivity index (χ0v) is 21.0. The van der Waals surface area contributed by atoms with Gasteiger partial charge in [-0.2, -0.15) is 5.10 Å². The highest BCUT2D eigenvalue weighted by atomic mass is 35.5. The second-order valence-corrected chi connectivity index (χ2v) is 11.5. The topological polar surface area (TPSA) is 97.2 Å². The largest absolute Gasteiger partial charge is 0.339 e. The van der Waals surface area contributed by atoms with Gasteiger partial charge >= 0.3 is 0 Å². The van der Waals surface area contributed by atoms with Crippen LogP contribution in [-0.4, -0.2) is 47.1 Å². The second kappa shape index (κ2) is 9.38. The van der Waals surface area contributed by atoms with Crippen LogP contribution in [0.5, 0.6) is 0 Å². The van der Waals surface area contributed by atoms with Crippen LogP contribution in [0.4, 0.5) is 5.69 Å². The molecule has 0 spiro atoms. The SMILES string of the molecule is CC(C)(C)c1ccc(S(=O)(=O)Nc2cc(Cl)cnc2-n2cc(C(=O)N3CCCCC3)cn2)cc1. The predicted molar refractivity (Wildman–Crippen MR) is 132 cm³/mol. The third-order valence-corrected chi connectivity index (χ3v) is 7.39. The summed E-state index contributed by atoms with van der Waals surface area (Å²) in [4.78, 5) is 19.0. The summed E-state index contributed by atoms with van der Waals surface area (Å²) in [5.41, 5.74) is 1.51. The van der Waals surface area contributed by atoms with E-state index in [1.54, 1.807) is 30.5 Å². The lowest BCUT2D eigenvalue weighted by Gasteiger charge is -2.26. The number of hydrogen-bond donors (Lipinski definition) is 1. The van der Waals surface area contributed by atoms with Crippen LogP contribution in [0, 0.1) is 0 Å². The number of carbonyl (C=O) groups is 1. The van der Waals surface area contributed by atoms with Crippen molar-refractivity contribution in [2.75, 3.05) is 17.8 Å². The summed E-state index contributed by atoms with van der Waals surface area (Å²) in [6.45, 7) is 7.64. The Kier molecular flexibility index (Phi) is 6.69. The first kappa shape index (κ1) is 24.2. The van der Waals surface area contributed by atoms with Crippen LogP contribution in [0.25, 0.3) is 5.82 Å². The summed E-state index contributed by atoms with van der Waals surface area (Å²) >= 11 is 6.12. The molecule has 10 heteroatoms. The van der Waals surface area contributed by atoms with E-state index >= 15 is 0 Å².